The Kier molecular flexibility index (Phi) is 3.42. The van der Waals surface area contributed by atoms with E-state index in [1.165, 1.54) is 11.0 Å². The van der Waals surface area contributed by atoms with Crippen LogP contribution in [0, 0.1) is 5.82 Å². The monoisotopic (exact) mass is 330 g/mol. The molecular formula is C12H12BrFN2OS. The maximum Gasteiger partial charge on any atom is 0.281 e. The molecule has 2 rings (SSSR count). The van der Waals surface area contributed by atoms with E-state index in [9.17, 15) is 9.18 Å². The Morgan fingerprint density at radius 2 is 2.22 bits per heavy atom. The Balaban J connectivity index is 2.45. The molecule has 1 saturated heterocycles. The summed E-state index contributed by atoms with van der Waals surface area (Å²) in [6.07, 6.45) is 0. The van der Waals surface area contributed by atoms with Gasteiger partial charge in [-0.1, -0.05) is 28.1 Å². The van der Waals surface area contributed by atoms with Crippen molar-refractivity contribution in [2.24, 2.45) is 0 Å². The van der Waals surface area contributed by atoms with Crippen molar-refractivity contribution in [1.29, 1.82) is 0 Å². The van der Waals surface area contributed by atoms with Crippen LogP contribution in [0.5, 0.6) is 0 Å². The van der Waals surface area contributed by atoms with E-state index < -0.39 is 5.54 Å². The number of piperazine rings is 1. The summed E-state index contributed by atoms with van der Waals surface area (Å²) in [4.78, 5) is 13.2. The van der Waals surface area contributed by atoms with E-state index in [-0.39, 0.29) is 16.7 Å². The molecule has 0 saturated carbocycles. The Morgan fingerprint density at radius 1 is 1.56 bits per heavy atom. The zero-order valence-electron chi connectivity index (χ0n) is 9.96. The molecule has 6 heteroatoms. The van der Waals surface area contributed by atoms with Crippen LogP contribution >= 0.6 is 28.1 Å². The second kappa shape index (κ2) is 4.59. The molecule has 0 aromatic heterocycles. The molecule has 1 aromatic carbocycles. The molecule has 0 spiro atoms. The van der Waals surface area contributed by atoms with Crippen molar-refractivity contribution in [2.45, 2.75) is 12.5 Å². The molecule has 18 heavy (non-hydrogen) atoms. The summed E-state index contributed by atoms with van der Waals surface area (Å²) in [6, 6.07) is 4.73. The fourth-order valence-electron chi connectivity index (χ4n) is 2.14. The van der Waals surface area contributed by atoms with Crippen LogP contribution in [-0.4, -0.2) is 29.4 Å². The van der Waals surface area contributed by atoms with E-state index in [0.717, 1.165) is 4.47 Å². The van der Waals surface area contributed by atoms with Crippen LogP contribution in [-0.2, 0) is 10.3 Å². The van der Waals surface area contributed by atoms with Crippen LogP contribution < -0.4 is 5.32 Å². The van der Waals surface area contributed by atoms with Crippen molar-refractivity contribution in [2.75, 3.05) is 13.6 Å². The lowest BCUT2D eigenvalue weighted by Gasteiger charge is -2.40. The number of benzene rings is 1. The van der Waals surface area contributed by atoms with Crippen molar-refractivity contribution in [3.05, 3.63) is 34.1 Å². The van der Waals surface area contributed by atoms with Gasteiger partial charge in [0.05, 0.1) is 5.54 Å². The highest BCUT2D eigenvalue weighted by Crippen LogP contribution is 2.29. The standard InChI is InChI=1S/C12H12BrFN2OS/c1-12(6-16(2)11(17)10(18)15-12)8-5-7(13)3-4-9(8)14/h3-5H,6H2,1-2H3,(H,15,18). The Morgan fingerprint density at radius 3 is 2.83 bits per heavy atom. The lowest BCUT2D eigenvalue weighted by Crippen LogP contribution is -2.60. The zero-order valence-corrected chi connectivity index (χ0v) is 12.4. The number of thiocarbonyl (C=S) groups is 1. The van der Waals surface area contributed by atoms with Gasteiger partial charge < -0.3 is 10.2 Å². The van der Waals surface area contributed by atoms with Gasteiger partial charge in [0.15, 0.2) is 4.99 Å². The van der Waals surface area contributed by atoms with Gasteiger partial charge in [0.25, 0.3) is 5.91 Å². The SMILES string of the molecule is CN1CC(C)(c2cc(Br)ccc2F)NC(=S)C1=O. The van der Waals surface area contributed by atoms with E-state index in [4.69, 9.17) is 12.2 Å². The van der Waals surface area contributed by atoms with Crippen LogP contribution in [0.25, 0.3) is 0 Å². The number of rotatable bonds is 1. The van der Waals surface area contributed by atoms with Gasteiger partial charge in [0.1, 0.15) is 5.82 Å². The van der Waals surface area contributed by atoms with E-state index in [2.05, 4.69) is 21.2 Å². The molecule has 1 atom stereocenters. The van der Waals surface area contributed by atoms with Crippen molar-refractivity contribution in [1.82, 2.24) is 10.2 Å². The molecule has 1 heterocycles. The summed E-state index contributed by atoms with van der Waals surface area (Å²) in [5.41, 5.74) is -0.230. The van der Waals surface area contributed by atoms with Crippen LogP contribution in [0.2, 0.25) is 0 Å². The van der Waals surface area contributed by atoms with Gasteiger partial charge in [-0.2, -0.15) is 0 Å². The highest BCUT2D eigenvalue weighted by atomic mass is 79.9. The van der Waals surface area contributed by atoms with Gasteiger partial charge in [0.2, 0.25) is 0 Å². The first-order chi connectivity index (χ1) is 8.33. The third-order valence-corrected chi connectivity index (χ3v) is 3.78. The average Bonchev–Trinajstić information content (AvgIpc) is 2.29. The summed E-state index contributed by atoms with van der Waals surface area (Å²) < 4.78 is 14.7. The number of hydrogen-bond donors (Lipinski definition) is 1. The topological polar surface area (TPSA) is 32.3 Å². The van der Waals surface area contributed by atoms with Crippen LogP contribution in [0.15, 0.2) is 22.7 Å². The number of likely N-dealkylation sites (N-methyl/N-ethyl adjacent to an activating group) is 1. The maximum absolute atomic E-state index is 13.9. The quantitative estimate of drug-likeness (QED) is 0.801. The van der Waals surface area contributed by atoms with Crippen LogP contribution in [0.3, 0.4) is 0 Å². The molecule has 96 valence electrons. The largest absolute Gasteiger partial charge is 0.361 e. The smallest absolute Gasteiger partial charge is 0.281 e. The highest BCUT2D eigenvalue weighted by Gasteiger charge is 2.39. The number of carbonyl (C=O) groups is 1. The summed E-state index contributed by atoms with van der Waals surface area (Å²) in [5.74, 6) is -0.559. The highest BCUT2D eigenvalue weighted by molar-refractivity contribution is 9.10. The maximum atomic E-state index is 13.9. The Hall–Kier alpha value is -1.01. The molecular weight excluding hydrogens is 319 g/mol. The Labute approximate surface area is 118 Å². The summed E-state index contributed by atoms with van der Waals surface area (Å²) in [7, 11) is 1.66. The summed E-state index contributed by atoms with van der Waals surface area (Å²) in [6.45, 7) is 2.19. The zero-order chi connectivity index (χ0) is 13.5. The molecule has 0 aliphatic carbocycles. The van der Waals surface area contributed by atoms with Crippen LogP contribution in [0.1, 0.15) is 12.5 Å². The molecule has 1 fully saturated rings. The predicted molar refractivity (Wildman–Crippen MR) is 74.8 cm³/mol. The van der Waals surface area contributed by atoms with Crippen molar-refractivity contribution in [3.63, 3.8) is 0 Å². The minimum Gasteiger partial charge on any atom is -0.361 e. The minimum atomic E-state index is -0.715. The third-order valence-electron chi connectivity index (χ3n) is 3.01. The molecule has 1 N–H and O–H groups in total. The second-order valence-corrected chi connectivity index (χ2v) is 5.90. The average molecular weight is 331 g/mol. The van der Waals surface area contributed by atoms with E-state index in [0.29, 0.717) is 12.1 Å². The molecule has 3 nitrogen and oxygen atoms in total. The van der Waals surface area contributed by atoms with Crippen molar-refractivity contribution >= 4 is 39.0 Å². The number of nitrogens with one attached hydrogen (secondary N) is 1. The van der Waals surface area contributed by atoms with Gasteiger partial charge in [0, 0.05) is 23.6 Å². The lowest BCUT2D eigenvalue weighted by atomic mass is 9.89. The second-order valence-electron chi connectivity index (χ2n) is 4.57. The van der Waals surface area contributed by atoms with Crippen LogP contribution in [0.4, 0.5) is 4.39 Å². The van der Waals surface area contributed by atoms with Crippen molar-refractivity contribution < 1.29 is 9.18 Å². The molecule has 1 aliphatic rings. The van der Waals surface area contributed by atoms with Gasteiger partial charge in [-0.3, -0.25) is 4.79 Å². The first kappa shape index (κ1) is 13.4. The third kappa shape index (κ3) is 2.27. The van der Waals surface area contributed by atoms with E-state index in [1.54, 1.807) is 19.2 Å². The molecule has 1 unspecified atom stereocenters. The number of nitrogens with zero attached hydrogens (tertiary/aromatic N) is 1. The molecule has 1 aromatic rings. The number of halogens is 2. The number of carbonyl (C=O) groups excluding carboxylic acids is 1. The lowest BCUT2D eigenvalue weighted by molar-refractivity contribution is -0.125. The molecule has 1 amide bonds. The first-order valence-corrected chi connectivity index (χ1v) is 6.57. The van der Waals surface area contributed by atoms with E-state index in [1.807, 2.05) is 6.92 Å². The van der Waals surface area contributed by atoms with Crippen molar-refractivity contribution in [3.8, 4) is 0 Å². The molecule has 0 bridgehead atoms. The minimum absolute atomic E-state index is 0.116. The number of amides is 1. The van der Waals surface area contributed by atoms with Gasteiger partial charge in [-0.15, -0.1) is 0 Å². The normalized spacial score (nSPS) is 24.1. The molecule has 0 radical (unpaired) electrons. The van der Waals surface area contributed by atoms with Gasteiger partial charge >= 0.3 is 0 Å². The Bertz CT molecular complexity index is 537. The molecule has 1 aliphatic heterocycles. The number of hydrogen-bond acceptors (Lipinski definition) is 2. The summed E-state index contributed by atoms with van der Waals surface area (Å²) >= 11 is 8.32. The predicted octanol–water partition coefficient (Wildman–Crippen LogP) is 2.19. The van der Waals surface area contributed by atoms with Gasteiger partial charge in [-0.05, 0) is 25.1 Å². The van der Waals surface area contributed by atoms with E-state index >= 15 is 0 Å². The van der Waals surface area contributed by atoms with Gasteiger partial charge in [-0.25, -0.2) is 4.39 Å². The summed E-state index contributed by atoms with van der Waals surface area (Å²) in [5, 5.41) is 2.94. The fourth-order valence-corrected chi connectivity index (χ4v) is 2.88. The first-order valence-electron chi connectivity index (χ1n) is 5.36. The fraction of sp³-hybridized carbons (Fsp3) is 0.333.